The van der Waals surface area contributed by atoms with Gasteiger partial charge in [-0.3, -0.25) is 4.79 Å². The van der Waals surface area contributed by atoms with Crippen molar-refractivity contribution in [2.24, 2.45) is 0 Å². The topological polar surface area (TPSA) is 56.0 Å². The van der Waals surface area contributed by atoms with Crippen LogP contribution in [0.1, 0.15) is 17.3 Å². The van der Waals surface area contributed by atoms with Gasteiger partial charge in [-0.2, -0.15) is 0 Å². The van der Waals surface area contributed by atoms with Gasteiger partial charge >= 0.3 is 0 Å². The number of hydrogen-bond donors (Lipinski definition) is 1. The fourth-order valence-electron chi connectivity index (χ4n) is 2.33. The smallest absolute Gasteiger partial charge is 0.159 e. The third-order valence-corrected chi connectivity index (χ3v) is 3.63. The van der Waals surface area contributed by atoms with E-state index in [1.807, 2.05) is 30.3 Å². The highest BCUT2D eigenvalue weighted by Crippen LogP contribution is 2.25. The van der Waals surface area contributed by atoms with E-state index in [4.69, 9.17) is 5.73 Å². The van der Waals surface area contributed by atoms with Crippen LogP contribution in [0.3, 0.4) is 0 Å². The van der Waals surface area contributed by atoms with Crippen molar-refractivity contribution in [3.63, 3.8) is 0 Å². The van der Waals surface area contributed by atoms with Crippen LogP contribution in [0.5, 0.6) is 0 Å². The Morgan fingerprint density at radius 1 is 0.773 bits per heavy atom. The van der Waals surface area contributed by atoms with Gasteiger partial charge < -0.3 is 5.73 Å². The Morgan fingerprint density at radius 3 is 1.68 bits per heavy atom. The van der Waals surface area contributed by atoms with E-state index in [2.05, 4.69) is 29.2 Å². The SMILES string of the molecule is CC(=O)c1ccc(-c2ccc(-c3ccc(N)nc3)cc2)cc1. The number of carbonyl (C=O) groups is 1. The fraction of sp³-hybridized carbons (Fsp3) is 0.0526. The fourth-order valence-corrected chi connectivity index (χ4v) is 2.33. The minimum atomic E-state index is 0.0812. The zero-order valence-electron chi connectivity index (χ0n) is 12.3. The second-order valence-corrected chi connectivity index (χ2v) is 5.18. The molecule has 1 heterocycles. The van der Waals surface area contributed by atoms with Crippen molar-refractivity contribution in [1.82, 2.24) is 4.98 Å². The highest BCUT2D eigenvalue weighted by Gasteiger charge is 2.03. The summed E-state index contributed by atoms with van der Waals surface area (Å²) in [5, 5.41) is 0. The summed E-state index contributed by atoms with van der Waals surface area (Å²) >= 11 is 0. The Hall–Kier alpha value is -2.94. The van der Waals surface area contributed by atoms with Crippen molar-refractivity contribution in [2.45, 2.75) is 6.92 Å². The molecule has 0 atom stereocenters. The molecule has 0 radical (unpaired) electrons. The molecule has 3 nitrogen and oxygen atoms in total. The van der Waals surface area contributed by atoms with Gasteiger partial charge in [-0.05, 0) is 35.7 Å². The predicted molar refractivity (Wildman–Crippen MR) is 89.5 cm³/mol. The molecular formula is C19H16N2O. The van der Waals surface area contributed by atoms with Crippen molar-refractivity contribution >= 4 is 11.6 Å². The predicted octanol–water partition coefficient (Wildman–Crippen LogP) is 4.20. The monoisotopic (exact) mass is 288 g/mol. The molecule has 0 aliphatic carbocycles. The quantitative estimate of drug-likeness (QED) is 0.735. The van der Waals surface area contributed by atoms with Gasteiger partial charge in [-0.15, -0.1) is 0 Å². The van der Waals surface area contributed by atoms with E-state index in [1.54, 1.807) is 19.2 Å². The summed E-state index contributed by atoms with van der Waals surface area (Å²) in [4.78, 5) is 15.4. The summed E-state index contributed by atoms with van der Waals surface area (Å²) in [5.41, 5.74) is 10.7. The molecule has 0 spiro atoms. The lowest BCUT2D eigenvalue weighted by Gasteiger charge is -2.06. The average molecular weight is 288 g/mol. The van der Waals surface area contributed by atoms with Crippen LogP contribution in [-0.4, -0.2) is 10.8 Å². The van der Waals surface area contributed by atoms with Crippen molar-refractivity contribution in [3.05, 3.63) is 72.4 Å². The number of aromatic nitrogens is 1. The number of anilines is 1. The molecule has 3 heteroatoms. The van der Waals surface area contributed by atoms with E-state index in [9.17, 15) is 4.79 Å². The van der Waals surface area contributed by atoms with E-state index in [-0.39, 0.29) is 5.78 Å². The molecule has 2 N–H and O–H groups in total. The van der Waals surface area contributed by atoms with Crippen LogP contribution >= 0.6 is 0 Å². The lowest BCUT2D eigenvalue weighted by molar-refractivity contribution is 0.101. The van der Waals surface area contributed by atoms with Gasteiger partial charge in [0.2, 0.25) is 0 Å². The Balaban J connectivity index is 1.87. The Bertz CT molecular complexity index is 788. The molecule has 3 rings (SSSR count). The summed E-state index contributed by atoms with van der Waals surface area (Å²) in [5.74, 6) is 0.601. The van der Waals surface area contributed by atoms with Gasteiger partial charge in [0, 0.05) is 17.3 Å². The van der Waals surface area contributed by atoms with Crippen LogP contribution < -0.4 is 5.73 Å². The van der Waals surface area contributed by atoms with Crippen LogP contribution in [-0.2, 0) is 0 Å². The summed E-state index contributed by atoms with van der Waals surface area (Å²) in [6, 6.07) is 19.6. The molecule has 0 unspecified atom stereocenters. The lowest BCUT2D eigenvalue weighted by Crippen LogP contribution is -1.91. The minimum Gasteiger partial charge on any atom is -0.384 e. The molecule has 0 fully saturated rings. The maximum absolute atomic E-state index is 11.3. The molecule has 3 aromatic rings. The third-order valence-electron chi connectivity index (χ3n) is 3.63. The first-order valence-corrected chi connectivity index (χ1v) is 7.07. The number of rotatable bonds is 3. The molecular weight excluding hydrogens is 272 g/mol. The van der Waals surface area contributed by atoms with Crippen molar-refractivity contribution in [2.75, 3.05) is 5.73 Å². The van der Waals surface area contributed by atoms with Crippen molar-refractivity contribution in [3.8, 4) is 22.3 Å². The molecule has 0 bridgehead atoms. The highest BCUT2D eigenvalue weighted by atomic mass is 16.1. The summed E-state index contributed by atoms with van der Waals surface area (Å²) in [7, 11) is 0. The number of carbonyl (C=O) groups excluding carboxylic acids is 1. The number of nitrogens with two attached hydrogens (primary N) is 1. The normalized spacial score (nSPS) is 10.4. The first-order valence-electron chi connectivity index (χ1n) is 7.07. The van der Waals surface area contributed by atoms with E-state index < -0.39 is 0 Å². The third kappa shape index (κ3) is 2.88. The van der Waals surface area contributed by atoms with Gasteiger partial charge in [-0.25, -0.2) is 4.98 Å². The van der Waals surface area contributed by atoms with Crippen LogP contribution in [0.2, 0.25) is 0 Å². The summed E-state index contributed by atoms with van der Waals surface area (Å²) < 4.78 is 0. The second-order valence-electron chi connectivity index (χ2n) is 5.18. The zero-order valence-corrected chi connectivity index (χ0v) is 12.3. The number of nitrogens with zero attached hydrogens (tertiary/aromatic N) is 1. The molecule has 0 amide bonds. The van der Waals surface area contributed by atoms with Gasteiger partial charge in [0.25, 0.3) is 0 Å². The van der Waals surface area contributed by atoms with E-state index in [1.165, 1.54) is 0 Å². The Labute approximate surface area is 129 Å². The van der Waals surface area contributed by atoms with E-state index in [0.717, 1.165) is 27.8 Å². The van der Waals surface area contributed by atoms with Crippen molar-refractivity contribution < 1.29 is 4.79 Å². The van der Waals surface area contributed by atoms with Crippen LogP contribution in [0.4, 0.5) is 5.82 Å². The standard InChI is InChI=1S/C19H16N2O/c1-13(22)14-2-4-15(5-3-14)16-6-8-17(9-7-16)18-10-11-19(20)21-12-18/h2-12H,1H3,(H2,20,21). The van der Waals surface area contributed by atoms with E-state index in [0.29, 0.717) is 5.82 Å². The number of Topliss-reactive ketones (excluding diaryl/α,β-unsaturated/α-hetero) is 1. The number of hydrogen-bond acceptors (Lipinski definition) is 3. The number of pyridine rings is 1. The highest BCUT2D eigenvalue weighted by molar-refractivity contribution is 5.94. The molecule has 0 aliphatic rings. The van der Waals surface area contributed by atoms with Crippen molar-refractivity contribution in [1.29, 1.82) is 0 Å². The van der Waals surface area contributed by atoms with Crippen LogP contribution in [0.25, 0.3) is 22.3 Å². The molecule has 0 saturated heterocycles. The maximum Gasteiger partial charge on any atom is 0.159 e. The van der Waals surface area contributed by atoms with Crippen LogP contribution in [0.15, 0.2) is 66.9 Å². The zero-order chi connectivity index (χ0) is 15.5. The molecule has 0 saturated carbocycles. The first-order chi connectivity index (χ1) is 10.6. The molecule has 2 aromatic carbocycles. The van der Waals surface area contributed by atoms with Gasteiger partial charge in [-0.1, -0.05) is 48.5 Å². The minimum absolute atomic E-state index is 0.0812. The number of benzene rings is 2. The largest absolute Gasteiger partial charge is 0.384 e. The Morgan fingerprint density at radius 2 is 1.23 bits per heavy atom. The summed E-state index contributed by atoms with van der Waals surface area (Å²) in [6.07, 6.45) is 1.77. The second kappa shape index (κ2) is 5.82. The first kappa shape index (κ1) is 14.0. The van der Waals surface area contributed by atoms with Gasteiger partial charge in [0.15, 0.2) is 5.78 Å². The van der Waals surface area contributed by atoms with E-state index >= 15 is 0 Å². The molecule has 1 aromatic heterocycles. The molecule has 108 valence electrons. The van der Waals surface area contributed by atoms with Gasteiger partial charge in [0.1, 0.15) is 5.82 Å². The molecule has 0 aliphatic heterocycles. The number of ketones is 1. The Kier molecular flexibility index (Phi) is 3.71. The maximum atomic E-state index is 11.3. The molecule has 22 heavy (non-hydrogen) atoms. The lowest BCUT2D eigenvalue weighted by atomic mass is 10.00. The number of nitrogen functional groups attached to an aromatic ring is 1. The average Bonchev–Trinajstić information content (AvgIpc) is 2.56. The summed E-state index contributed by atoms with van der Waals surface area (Å²) in [6.45, 7) is 1.57. The van der Waals surface area contributed by atoms with Crippen LogP contribution in [0, 0.1) is 0 Å². The van der Waals surface area contributed by atoms with Gasteiger partial charge in [0.05, 0.1) is 0 Å².